The van der Waals surface area contributed by atoms with Crippen molar-refractivity contribution in [2.24, 2.45) is 0 Å². The summed E-state index contributed by atoms with van der Waals surface area (Å²) < 4.78 is 1.68. The van der Waals surface area contributed by atoms with Crippen molar-refractivity contribution >= 4 is 17.7 Å². The number of tetrazole rings is 1. The lowest BCUT2D eigenvalue weighted by Gasteiger charge is -2.09. The van der Waals surface area contributed by atoms with Gasteiger partial charge in [0.05, 0.1) is 11.4 Å². The Kier molecular flexibility index (Phi) is 6.24. The Hall–Kier alpha value is -2.67. The second-order valence-electron chi connectivity index (χ2n) is 6.48. The van der Waals surface area contributed by atoms with Gasteiger partial charge in [-0.2, -0.15) is 4.68 Å². The number of carbonyl (C=O) groups excluding carboxylic acids is 1. The third kappa shape index (κ3) is 4.95. The molecule has 0 fully saturated rings. The van der Waals surface area contributed by atoms with E-state index in [4.69, 9.17) is 0 Å². The van der Waals surface area contributed by atoms with Crippen LogP contribution in [-0.2, 0) is 11.2 Å². The molecule has 1 N–H and O–H groups in total. The number of nitrogens with zero attached hydrogens (tertiary/aromatic N) is 4. The lowest BCUT2D eigenvalue weighted by molar-refractivity contribution is -0.118. The van der Waals surface area contributed by atoms with Crippen LogP contribution in [-0.4, -0.2) is 38.4 Å². The van der Waals surface area contributed by atoms with E-state index in [1.165, 1.54) is 28.5 Å². The second-order valence-corrected chi connectivity index (χ2v) is 7.42. The minimum atomic E-state index is -0.0243. The number of thioether (sulfide) groups is 1. The monoisotopic (exact) mass is 381 g/mol. The molecule has 0 saturated carbocycles. The van der Waals surface area contributed by atoms with Crippen LogP contribution in [0.2, 0.25) is 0 Å². The molecule has 0 unspecified atom stereocenters. The number of hydrogen-bond donors (Lipinski definition) is 1. The first-order valence-corrected chi connectivity index (χ1v) is 9.83. The molecule has 0 aliphatic rings. The van der Waals surface area contributed by atoms with Gasteiger partial charge in [0.1, 0.15) is 0 Å². The molecule has 0 aliphatic heterocycles. The molecule has 0 aliphatic carbocycles. The molecule has 0 spiro atoms. The highest BCUT2D eigenvalue weighted by molar-refractivity contribution is 7.99. The van der Waals surface area contributed by atoms with Crippen LogP contribution < -0.4 is 5.32 Å². The number of hydrogen-bond acceptors (Lipinski definition) is 5. The number of aryl methyl sites for hydroxylation is 3. The Morgan fingerprint density at radius 1 is 1.11 bits per heavy atom. The first-order chi connectivity index (χ1) is 13.0. The van der Waals surface area contributed by atoms with Crippen molar-refractivity contribution in [1.82, 2.24) is 25.5 Å². The molecule has 0 saturated heterocycles. The van der Waals surface area contributed by atoms with E-state index in [9.17, 15) is 4.79 Å². The first-order valence-electron chi connectivity index (χ1n) is 8.84. The van der Waals surface area contributed by atoms with Gasteiger partial charge in [0.25, 0.3) is 0 Å². The summed E-state index contributed by atoms with van der Waals surface area (Å²) >= 11 is 1.33. The molecule has 7 heteroatoms. The van der Waals surface area contributed by atoms with E-state index < -0.39 is 0 Å². The summed E-state index contributed by atoms with van der Waals surface area (Å²) in [5, 5.41) is 15.5. The molecule has 3 rings (SSSR count). The highest BCUT2D eigenvalue weighted by Crippen LogP contribution is 2.21. The minimum Gasteiger partial charge on any atom is -0.355 e. The molecule has 2 aromatic carbocycles. The zero-order chi connectivity index (χ0) is 19.2. The predicted octanol–water partition coefficient (Wildman–Crippen LogP) is 3.04. The second kappa shape index (κ2) is 8.81. The molecule has 140 valence electrons. The van der Waals surface area contributed by atoms with Crippen LogP contribution in [0.5, 0.6) is 0 Å². The topological polar surface area (TPSA) is 72.7 Å². The number of aromatic nitrogens is 4. The Morgan fingerprint density at radius 3 is 2.70 bits per heavy atom. The van der Waals surface area contributed by atoms with E-state index in [0.717, 1.165) is 17.7 Å². The van der Waals surface area contributed by atoms with Crippen molar-refractivity contribution < 1.29 is 4.79 Å². The summed E-state index contributed by atoms with van der Waals surface area (Å²) in [4.78, 5) is 12.2. The zero-order valence-corrected chi connectivity index (χ0v) is 16.6. The molecule has 3 aromatic rings. The molecule has 27 heavy (non-hydrogen) atoms. The Balaban J connectivity index is 1.54. The third-order valence-electron chi connectivity index (χ3n) is 4.33. The summed E-state index contributed by atoms with van der Waals surface area (Å²) in [5.74, 6) is 0.253. The smallest absolute Gasteiger partial charge is 0.230 e. The van der Waals surface area contributed by atoms with Gasteiger partial charge in [0, 0.05) is 6.54 Å². The molecule has 1 heterocycles. The van der Waals surface area contributed by atoms with Gasteiger partial charge in [-0.1, -0.05) is 53.7 Å². The average molecular weight is 382 g/mol. The quantitative estimate of drug-likeness (QED) is 0.637. The molecule has 0 bridgehead atoms. The lowest BCUT2D eigenvalue weighted by atomic mass is 10.1. The summed E-state index contributed by atoms with van der Waals surface area (Å²) in [6.07, 6.45) is 0.823. The first kappa shape index (κ1) is 19.1. The number of benzene rings is 2. The van der Waals surface area contributed by atoms with Gasteiger partial charge >= 0.3 is 0 Å². The van der Waals surface area contributed by atoms with E-state index in [-0.39, 0.29) is 11.7 Å². The fraction of sp³-hybridized carbons (Fsp3) is 0.300. The average Bonchev–Trinajstić information content (AvgIpc) is 3.10. The van der Waals surface area contributed by atoms with E-state index in [1.54, 1.807) is 4.68 Å². The predicted molar refractivity (Wildman–Crippen MR) is 107 cm³/mol. The van der Waals surface area contributed by atoms with E-state index in [2.05, 4.69) is 46.0 Å². The largest absolute Gasteiger partial charge is 0.355 e. The number of carbonyl (C=O) groups is 1. The zero-order valence-electron chi connectivity index (χ0n) is 15.8. The van der Waals surface area contributed by atoms with Gasteiger partial charge in [-0.05, 0) is 60.4 Å². The van der Waals surface area contributed by atoms with Crippen molar-refractivity contribution in [2.75, 3.05) is 12.3 Å². The summed E-state index contributed by atoms with van der Waals surface area (Å²) in [6, 6.07) is 14.3. The molecular formula is C20H23N5OS. The van der Waals surface area contributed by atoms with E-state index in [0.29, 0.717) is 11.7 Å². The Bertz CT molecular complexity index is 938. The van der Waals surface area contributed by atoms with E-state index >= 15 is 0 Å². The van der Waals surface area contributed by atoms with Gasteiger partial charge < -0.3 is 5.32 Å². The van der Waals surface area contributed by atoms with E-state index in [1.807, 2.05) is 38.1 Å². The van der Waals surface area contributed by atoms with Crippen LogP contribution in [0.1, 0.15) is 22.3 Å². The van der Waals surface area contributed by atoms with Gasteiger partial charge in [-0.3, -0.25) is 4.79 Å². The maximum absolute atomic E-state index is 12.2. The third-order valence-corrected chi connectivity index (χ3v) is 5.25. The molecular weight excluding hydrogens is 358 g/mol. The van der Waals surface area contributed by atoms with Crippen LogP contribution in [0.25, 0.3) is 5.69 Å². The van der Waals surface area contributed by atoms with Crippen molar-refractivity contribution in [1.29, 1.82) is 0 Å². The summed E-state index contributed by atoms with van der Waals surface area (Å²) in [7, 11) is 0. The molecule has 0 radical (unpaired) electrons. The molecule has 6 nitrogen and oxygen atoms in total. The van der Waals surface area contributed by atoms with Crippen LogP contribution in [0.15, 0.2) is 47.6 Å². The SMILES string of the molecule is Cc1ccc(-n2nnnc2SCC(=O)NCCc2ccccc2C)c(C)c1. The fourth-order valence-corrected chi connectivity index (χ4v) is 3.59. The van der Waals surface area contributed by atoms with Gasteiger partial charge in [-0.15, -0.1) is 5.10 Å². The molecule has 1 aromatic heterocycles. The van der Waals surface area contributed by atoms with Crippen LogP contribution >= 0.6 is 11.8 Å². The summed E-state index contributed by atoms with van der Waals surface area (Å²) in [5.41, 5.74) is 5.70. The normalized spacial score (nSPS) is 10.8. The van der Waals surface area contributed by atoms with Crippen molar-refractivity contribution in [3.8, 4) is 5.69 Å². The maximum Gasteiger partial charge on any atom is 0.230 e. The fourth-order valence-electron chi connectivity index (χ4n) is 2.87. The number of nitrogens with one attached hydrogen (secondary N) is 1. The highest BCUT2D eigenvalue weighted by atomic mass is 32.2. The highest BCUT2D eigenvalue weighted by Gasteiger charge is 2.13. The van der Waals surface area contributed by atoms with Gasteiger partial charge in [0.2, 0.25) is 11.1 Å². The standard InChI is InChI=1S/C20H23N5OS/c1-14-8-9-18(16(3)12-14)25-20(22-23-24-25)27-13-19(26)21-11-10-17-7-5-4-6-15(17)2/h4-9,12H,10-11,13H2,1-3H3,(H,21,26). The number of amides is 1. The van der Waals surface area contributed by atoms with Crippen LogP contribution in [0.3, 0.4) is 0 Å². The van der Waals surface area contributed by atoms with Crippen molar-refractivity contribution in [3.63, 3.8) is 0 Å². The molecule has 0 atom stereocenters. The van der Waals surface area contributed by atoms with Crippen LogP contribution in [0.4, 0.5) is 0 Å². The lowest BCUT2D eigenvalue weighted by Crippen LogP contribution is -2.27. The Morgan fingerprint density at radius 2 is 1.93 bits per heavy atom. The molecule has 1 amide bonds. The van der Waals surface area contributed by atoms with Crippen molar-refractivity contribution in [3.05, 3.63) is 64.7 Å². The number of rotatable bonds is 7. The van der Waals surface area contributed by atoms with Gasteiger partial charge in [-0.25, -0.2) is 0 Å². The van der Waals surface area contributed by atoms with Crippen molar-refractivity contribution in [2.45, 2.75) is 32.3 Å². The van der Waals surface area contributed by atoms with Crippen LogP contribution in [0, 0.1) is 20.8 Å². The van der Waals surface area contributed by atoms with Gasteiger partial charge in [0.15, 0.2) is 0 Å². The minimum absolute atomic E-state index is 0.0243. The Labute approximate surface area is 163 Å². The summed E-state index contributed by atoms with van der Waals surface area (Å²) in [6.45, 7) is 6.77. The maximum atomic E-state index is 12.2.